The molecule has 2 aromatic carbocycles. The van der Waals surface area contributed by atoms with Gasteiger partial charge in [0.25, 0.3) is 0 Å². The molecule has 0 heterocycles. The zero-order valence-corrected chi connectivity index (χ0v) is 14.7. The van der Waals surface area contributed by atoms with E-state index in [9.17, 15) is 0 Å². The van der Waals surface area contributed by atoms with Crippen molar-refractivity contribution in [1.29, 1.82) is 0 Å². The third-order valence-electron chi connectivity index (χ3n) is 3.64. The average Bonchev–Trinajstić information content (AvgIpc) is 2.62. The molecule has 2 rings (SSSR count). The molecule has 0 bridgehead atoms. The fourth-order valence-electron chi connectivity index (χ4n) is 2.35. The molecule has 0 saturated heterocycles. The maximum atomic E-state index is 5.76. The minimum atomic E-state index is 0.477. The van der Waals surface area contributed by atoms with Crippen molar-refractivity contribution in [2.75, 3.05) is 33.5 Å². The van der Waals surface area contributed by atoms with E-state index in [0.717, 1.165) is 29.2 Å². The van der Waals surface area contributed by atoms with Crippen LogP contribution in [0.2, 0.25) is 0 Å². The van der Waals surface area contributed by atoms with E-state index in [1.807, 2.05) is 43.3 Å². The highest BCUT2D eigenvalue weighted by atomic mass is 16.6. The molecule has 0 aliphatic heterocycles. The van der Waals surface area contributed by atoms with Crippen LogP contribution in [0.4, 0.5) is 0 Å². The first-order valence-electron chi connectivity index (χ1n) is 8.30. The lowest BCUT2D eigenvalue weighted by Crippen LogP contribution is -2.12. The zero-order chi connectivity index (χ0) is 17.2. The Morgan fingerprint density at radius 3 is 2.21 bits per heavy atom. The van der Waals surface area contributed by atoms with Gasteiger partial charge in [-0.15, -0.1) is 0 Å². The van der Waals surface area contributed by atoms with E-state index in [0.29, 0.717) is 26.4 Å². The monoisotopic (exact) mass is 330 g/mol. The second kappa shape index (κ2) is 9.83. The van der Waals surface area contributed by atoms with Crippen LogP contribution in [0.25, 0.3) is 0 Å². The highest BCUT2D eigenvalue weighted by molar-refractivity contribution is 5.42. The summed E-state index contributed by atoms with van der Waals surface area (Å²) in [7, 11) is 1.64. The van der Waals surface area contributed by atoms with Gasteiger partial charge in [-0.05, 0) is 42.7 Å². The van der Waals surface area contributed by atoms with Crippen molar-refractivity contribution in [3.63, 3.8) is 0 Å². The van der Waals surface area contributed by atoms with Crippen molar-refractivity contribution in [1.82, 2.24) is 0 Å². The predicted molar refractivity (Wildman–Crippen MR) is 95.4 cm³/mol. The van der Waals surface area contributed by atoms with Gasteiger partial charge >= 0.3 is 0 Å². The summed E-state index contributed by atoms with van der Waals surface area (Å²) in [6.07, 6.45) is 0.962. The molecule has 0 aliphatic carbocycles. The van der Waals surface area contributed by atoms with E-state index in [4.69, 9.17) is 18.9 Å². The lowest BCUT2D eigenvalue weighted by molar-refractivity contribution is 0.0755. The summed E-state index contributed by atoms with van der Waals surface area (Å²) in [5.74, 6) is 2.42. The molecule has 24 heavy (non-hydrogen) atoms. The van der Waals surface area contributed by atoms with E-state index in [-0.39, 0.29) is 0 Å². The Balaban J connectivity index is 1.64. The summed E-state index contributed by atoms with van der Waals surface area (Å²) in [6, 6.07) is 14.0. The summed E-state index contributed by atoms with van der Waals surface area (Å²) >= 11 is 0. The molecule has 0 aliphatic rings. The third-order valence-corrected chi connectivity index (χ3v) is 3.64. The summed E-state index contributed by atoms with van der Waals surface area (Å²) in [4.78, 5) is 0. The number of para-hydroxylation sites is 1. The van der Waals surface area contributed by atoms with Gasteiger partial charge in [0.15, 0.2) is 11.5 Å². The molecule has 130 valence electrons. The summed E-state index contributed by atoms with van der Waals surface area (Å²) in [5.41, 5.74) is 2.35. The average molecular weight is 330 g/mol. The van der Waals surface area contributed by atoms with Crippen LogP contribution in [-0.2, 0) is 11.2 Å². The lowest BCUT2D eigenvalue weighted by Gasteiger charge is -2.12. The highest BCUT2D eigenvalue weighted by Crippen LogP contribution is 2.27. The fourth-order valence-corrected chi connectivity index (χ4v) is 2.35. The van der Waals surface area contributed by atoms with Gasteiger partial charge in [-0.1, -0.05) is 31.2 Å². The summed E-state index contributed by atoms with van der Waals surface area (Å²) in [5, 5.41) is 0. The van der Waals surface area contributed by atoms with Crippen LogP contribution in [0.5, 0.6) is 17.2 Å². The van der Waals surface area contributed by atoms with E-state index in [2.05, 4.69) is 13.0 Å². The van der Waals surface area contributed by atoms with Crippen LogP contribution >= 0.6 is 0 Å². The molecule has 0 spiro atoms. The fraction of sp³-hybridized carbons (Fsp3) is 0.400. The first kappa shape index (κ1) is 18.1. The minimum Gasteiger partial charge on any atom is -0.493 e. The van der Waals surface area contributed by atoms with Crippen LogP contribution in [0.1, 0.15) is 18.1 Å². The maximum absolute atomic E-state index is 5.76. The molecule has 0 aromatic heterocycles. The van der Waals surface area contributed by atoms with E-state index < -0.39 is 0 Å². The normalized spacial score (nSPS) is 10.5. The van der Waals surface area contributed by atoms with Gasteiger partial charge in [0.1, 0.15) is 19.0 Å². The first-order valence-corrected chi connectivity index (χ1v) is 8.30. The van der Waals surface area contributed by atoms with Crippen LogP contribution in [-0.4, -0.2) is 33.5 Å². The van der Waals surface area contributed by atoms with Gasteiger partial charge in [0.2, 0.25) is 0 Å². The van der Waals surface area contributed by atoms with Crippen molar-refractivity contribution < 1.29 is 18.9 Å². The van der Waals surface area contributed by atoms with Gasteiger partial charge in [0.05, 0.1) is 20.3 Å². The smallest absolute Gasteiger partial charge is 0.161 e. The number of aryl methyl sites for hydroxylation is 2. The molecular weight excluding hydrogens is 304 g/mol. The Labute approximate surface area is 144 Å². The highest BCUT2D eigenvalue weighted by Gasteiger charge is 2.04. The number of rotatable bonds is 10. The molecule has 0 amide bonds. The molecule has 0 saturated carbocycles. The van der Waals surface area contributed by atoms with Gasteiger partial charge in [0, 0.05) is 0 Å². The van der Waals surface area contributed by atoms with Crippen molar-refractivity contribution in [2.24, 2.45) is 0 Å². The molecule has 2 aromatic rings. The van der Waals surface area contributed by atoms with Gasteiger partial charge in [-0.2, -0.15) is 0 Å². The number of benzene rings is 2. The lowest BCUT2D eigenvalue weighted by atomic mass is 10.1. The summed E-state index contributed by atoms with van der Waals surface area (Å²) < 4.78 is 22.3. The number of hydrogen-bond donors (Lipinski definition) is 0. The second-order valence-corrected chi connectivity index (χ2v) is 5.42. The molecule has 0 atom stereocenters. The van der Waals surface area contributed by atoms with Gasteiger partial charge in [-0.25, -0.2) is 0 Å². The number of ether oxygens (including phenoxy) is 4. The number of methoxy groups -OCH3 is 1. The standard InChI is InChI=1S/C20H26O4/c1-4-17-7-5-6-8-18(17)23-13-11-22-12-14-24-19-10-9-16(2)15-20(19)21-3/h5-10,15H,4,11-14H2,1-3H3. The first-order chi connectivity index (χ1) is 11.7. The second-order valence-electron chi connectivity index (χ2n) is 5.42. The molecule has 0 unspecified atom stereocenters. The van der Waals surface area contributed by atoms with Crippen LogP contribution in [0.3, 0.4) is 0 Å². The van der Waals surface area contributed by atoms with Crippen LogP contribution in [0, 0.1) is 6.92 Å². The topological polar surface area (TPSA) is 36.9 Å². The molecule has 0 fully saturated rings. The van der Waals surface area contributed by atoms with Gasteiger partial charge in [-0.3, -0.25) is 0 Å². The minimum absolute atomic E-state index is 0.477. The Bertz CT molecular complexity index is 625. The maximum Gasteiger partial charge on any atom is 0.161 e. The van der Waals surface area contributed by atoms with Crippen molar-refractivity contribution in [3.05, 3.63) is 53.6 Å². The van der Waals surface area contributed by atoms with E-state index in [1.165, 1.54) is 5.56 Å². The van der Waals surface area contributed by atoms with Crippen LogP contribution in [0.15, 0.2) is 42.5 Å². The van der Waals surface area contributed by atoms with Crippen molar-refractivity contribution in [3.8, 4) is 17.2 Å². The number of hydrogen-bond acceptors (Lipinski definition) is 4. The molecule has 0 radical (unpaired) electrons. The third kappa shape index (κ3) is 5.46. The predicted octanol–water partition coefficient (Wildman–Crippen LogP) is 4.04. The SMILES string of the molecule is CCc1ccccc1OCCOCCOc1ccc(C)cc1OC. The van der Waals surface area contributed by atoms with E-state index >= 15 is 0 Å². The Morgan fingerprint density at radius 2 is 1.50 bits per heavy atom. The molecular formula is C20H26O4. The summed E-state index contributed by atoms with van der Waals surface area (Å²) in [6.45, 7) is 6.19. The Hall–Kier alpha value is -2.20. The van der Waals surface area contributed by atoms with Crippen molar-refractivity contribution in [2.45, 2.75) is 20.3 Å². The Morgan fingerprint density at radius 1 is 0.792 bits per heavy atom. The van der Waals surface area contributed by atoms with Crippen molar-refractivity contribution >= 4 is 0 Å². The molecule has 0 N–H and O–H groups in total. The largest absolute Gasteiger partial charge is 0.493 e. The van der Waals surface area contributed by atoms with Crippen LogP contribution < -0.4 is 14.2 Å². The van der Waals surface area contributed by atoms with E-state index in [1.54, 1.807) is 7.11 Å². The van der Waals surface area contributed by atoms with Gasteiger partial charge < -0.3 is 18.9 Å². The zero-order valence-electron chi connectivity index (χ0n) is 14.7. The quantitative estimate of drug-likeness (QED) is 0.616. The Kier molecular flexibility index (Phi) is 7.43. The molecule has 4 nitrogen and oxygen atoms in total. The molecule has 4 heteroatoms.